The predicted octanol–water partition coefficient (Wildman–Crippen LogP) is 4.66. The molecule has 0 spiro atoms. The lowest BCUT2D eigenvalue weighted by Crippen LogP contribution is -2.60. The normalized spacial score (nSPS) is 22.1. The minimum atomic E-state index is -1.82. The molecule has 7 nitrogen and oxygen atoms in total. The van der Waals surface area contributed by atoms with Crippen LogP contribution in [0.5, 0.6) is 5.75 Å². The van der Waals surface area contributed by atoms with Gasteiger partial charge >= 0.3 is 11.9 Å². The number of rotatable bonds is 7. The maximum atomic E-state index is 9.10. The quantitative estimate of drug-likeness (QED) is 0.453. The highest BCUT2D eigenvalue weighted by molar-refractivity contribution is 6.27. The summed E-state index contributed by atoms with van der Waals surface area (Å²) in [5.41, 5.74) is 3.92. The first-order chi connectivity index (χ1) is 18.0. The van der Waals surface area contributed by atoms with Gasteiger partial charge in [-0.05, 0) is 60.7 Å². The molecule has 3 aromatic carbocycles. The van der Waals surface area contributed by atoms with Crippen LogP contribution in [-0.2, 0) is 20.9 Å². The fraction of sp³-hybridized carbons (Fsp3) is 0.333. The van der Waals surface area contributed by atoms with Gasteiger partial charge in [0.1, 0.15) is 5.75 Å². The van der Waals surface area contributed by atoms with E-state index in [1.54, 1.807) is 7.11 Å². The number of carboxylic acids is 2. The second kappa shape index (κ2) is 12.5. The highest BCUT2D eigenvalue weighted by atomic mass is 16.5. The molecule has 3 aliphatic rings. The third-order valence-electron chi connectivity index (χ3n) is 7.22. The highest BCUT2D eigenvalue weighted by Gasteiger charge is 2.47. The number of aliphatic carboxylic acids is 2. The van der Waals surface area contributed by atoms with E-state index in [2.05, 4.69) is 77.7 Å². The number of carboxylic acid groups (broad SMARTS) is 2. The predicted molar refractivity (Wildman–Crippen MR) is 140 cm³/mol. The Morgan fingerprint density at radius 2 is 1.43 bits per heavy atom. The summed E-state index contributed by atoms with van der Waals surface area (Å²) in [4.78, 5) is 20.9. The van der Waals surface area contributed by atoms with Crippen LogP contribution in [0.1, 0.15) is 35.4 Å². The SMILES string of the molecule is COc1cccc(CO[C@@H]2C3CCN(CC3)[C@@H]2C(c2ccccc2)c2ccccc2)c1.O=C(O)C(=O)O. The van der Waals surface area contributed by atoms with Gasteiger partial charge < -0.3 is 19.7 Å². The van der Waals surface area contributed by atoms with Crippen molar-refractivity contribution in [1.29, 1.82) is 0 Å². The fourth-order valence-electron chi connectivity index (χ4n) is 5.53. The van der Waals surface area contributed by atoms with Gasteiger partial charge in [0.05, 0.1) is 19.8 Å². The van der Waals surface area contributed by atoms with Gasteiger partial charge in [-0.3, -0.25) is 4.90 Å². The van der Waals surface area contributed by atoms with E-state index in [1.807, 2.05) is 12.1 Å². The molecule has 0 saturated carbocycles. The van der Waals surface area contributed by atoms with Crippen LogP contribution in [0.2, 0.25) is 0 Å². The van der Waals surface area contributed by atoms with E-state index in [0.717, 1.165) is 5.75 Å². The summed E-state index contributed by atoms with van der Waals surface area (Å²) in [5, 5.41) is 14.8. The van der Waals surface area contributed by atoms with Crippen LogP contribution in [0.15, 0.2) is 84.9 Å². The molecule has 2 atom stereocenters. The second-order valence-electron chi connectivity index (χ2n) is 9.40. The highest BCUT2D eigenvalue weighted by Crippen LogP contribution is 2.43. The van der Waals surface area contributed by atoms with E-state index in [9.17, 15) is 0 Å². The van der Waals surface area contributed by atoms with E-state index in [0.29, 0.717) is 24.5 Å². The molecule has 7 heteroatoms. The van der Waals surface area contributed by atoms with Gasteiger partial charge in [-0.1, -0.05) is 72.8 Å². The zero-order chi connectivity index (χ0) is 26.2. The number of piperidine rings is 3. The Bertz CT molecular complexity index is 1110. The van der Waals surface area contributed by atoms with Crippen molar-refractivity contribution in [2.75, 3.05) is 20.2 Å². The van der Waals surface area contributed by atoms with Crippen LogP contribution in [0.4, 0.5) is 0 Å². The van der Waals surface area contributed by atoms with Crippen LogP contribution >= 0.6 is 0 Å². The average molecular weight is 504 g/mol. The molecule has 3 aliphatic heterocycles. The van der Waals surface area contributed by atoms with Crippen molar-refractivity contribution >= 4 is 11.9 Å². The summed E-state index contributed by atoms with van der Waals surface area (Å²) in [7, 11) is 1.72. The second-order valence-corrected chi connectivity index (χ2v) is 9.40. The molecule has 0 radical (unpaired) electrons. The molecule has 3 heterocycles. The first-order valence-electron chi connectivity index (χ1n) is 12.5. The van der Waals surface area contributed by atoms with Crippen molar-refractivity contribution in [3.8, 4) is 5.75 Å². The number of nitrogens with zero attached hydrogens (tertiary/aromatic N) is 1. The van der Waals surface area contributed by atoms with Crippen molar-refractivity contribution in [2.45, 2.75) is 37.5 Å². The Labute approximate surface area is 217 Å². The van der Waals surface area contributed by atoms with Gasteiger partial charge in [0.15, 0.2) is 0 Å². The summed E-state index contributed by atoms with van der Waals surface area (Å²) in [6, 6.07) is 30.6. The van der Waals surface area contributed by atoms with Crippen molar-refractivity contribution in [2.24, 2.45) is 5.92 Å². The molecule has 2 N–H and O–H groups in total. The van der Waals surface area contributed by atoms with E-state index in [1.165, 1.54) is 42.6 Å². The molecule has 2 bridgehead atoms. The molecule has 3 fully saturated rings. The number of ether oxygens (including phenoxy) is 2. The summed E-state index contributed by atoms with van der Waals surface area (Å²) in [6.45, 7) is 2.97. The van der Waals surface area contributed by atoms with E-state index in [4.69, 9.17) is 29.3 Å². The first kappa shape index (κ1) is 26.4. The molecular weight excluding hydrogens is 470 g/mol. The smallest absolute Gasteiger partial charge is 0.414 e. The summed E-state index contributed by atoms with van der Waals surface area (Å²) in [6.07, 6.45) is 2.68. The maximum absolute atomic E-state index is 9.10. The molecule has 3 aromatic rings. The number of methoxy groups -OCH3 is 1. The molecule has 0 amide bonds. The molecule has 3 saturated heterocycles. The van der Waals surface area contributed by atoms with Crippen LogP contribution in [0.3, 0.4) is 0 Å². The number of fused-ring (bicyclic) bond motifs is 3. The average Bonchev–Trinajstić information content (AvgIpc) is 2.94. The lowest BCUT2D eigenvalue weighted by atomic mass is 9.72. The lowest BCUT2D eigenvalue weighted by Gasteiger charge is -2.53. The van der Waals surface area contributed by atoms with E-state index in [-0.39, 0.29) is 6.10 Å². The Balaban J connectivity index is 0.000000480. The molecule has 6 rings (SSSR count). The molecule has 37 heavy (non-hydrogen) atoms. The molecule has 0 aromatic heterocycles. The zero-order valence-electron chi connectivity index (χ0n) is 20.9. The summed E-state index contributed by atoms with van der Waals surface area (Å²) < 4.78 is 12.1. The largest absolute Gasteiger partial charge is 0.497 e. The number of hydrogen-bond donors (Lipinski definition) is 2. The monoisotopic (exact) mass is 503 g/mol. The minimum Gasteiger partial charge on any atom is -0.497 e. The minimum absolute atomic E-state index is 0.221. The van der Waals surface area contributed by atoms with Gasteiger partial charge in [0.25, 0.3) is 0 Å². The van der Waals surface area contributed by atoms with Crippen LogP contribution in [0.25, 0.3) is 0 Å². The lowest BCUT2D eigenvalue weighted by molar-refractivity contribution is -0.159. The third kappa shape index (κ3) is 6.56. The van der Waals surface area contributed by atoms with Crippen molar-refractivity contribution in [3.63, 3.8) is 0 Å². The van der Waals surface area contributed by atoms with Crippen molar-refractivity contribution in [1.82, 2.24) is 4.90 Å². The van der Waals surface area contributed by atoms with Crippen LogP contribution in [0, 0.1) is 5.92 Å². The van der Waals surface area contributed by atoms with Crippen molar-refractivity contribution in [3.05, 3.63) is 102 Å². The standard InChI is InChI=1S/C28H31NO2.C2H2O4/c1-30-25-14-8-9-21(19-25)20-31-28-24-15-17-29(18-16-24)27(28)26(22-10-4-2-5-11-22)23-12-6-3-7-13-23;3-1(4)2(5)6/h2-14,19,24,26-28H,15-18,20H2,1H3;(H,3,4)(H,5,6)/t27-,28-;/m1./s1. The first-order valence-corrected chi connectivity index (χ1v) is 12.5. The Morgan fingerprint density at radius 1 is 0.865 bits per heavy atom. The fourth-order valence-corrected chi connectivity index (χ4v) is 5.53. The zero-order valence-corrected chi connectivity index (χ0v) is 20.9. The molecule has 0 unspecified atom stereocenters. The molecule has 0 aliphatic carbocycles. The van der Waals surface area contributed by atoms with E-state index < -0.39 is 11.9 Å². The molecular formula is C30H33NO6. The van der Waals surface area contributed by atoms with E-state index >= 15 is 0 Å². The number of carbonyl (C=O) groups is 2. The maximum Gasteiger partial charge on any atom is 0.414 e. The Kier molecular flexibility index (Phi) is 8.93. The van der Waals surface area contributed by atoms with Gasteiger partial charge in [0.2, 0.25) is 0 Å². The van der Waals surface area contributed by atoms with Gasteiger partial charge in [-0.2, -0.15) is 0 Å². The van der Waals surface area contributed by atoms with Crippen LogP contribution < -0.4 is 4.74 Å². The third-order valence-corrected chi connectivity index (χ3v) is 7.22. The summed E-state index contributed by atoms with van der Waals surface area (Å²) in [5.74, 6) is -1.83. The number of hydrogen-bond acceptors (Lipinski definition) is 5. The Morgan fingerprint density at radius 3 is 1.95 bits per heavy atom. The van der Waals surface area contributed by atoms with Gasteiger partial charge in [-0.15, -0.1) is 0 Å². The van der Waals surface area contributed by atoms with Gasteiger partial charge in [-0.25, -0.2) is 9.59 Å². The van der Waals surface area contributed by atoms with Crippen molar-refractivity contribution < 1.29 is 29.3 Å². The molecule has 194 valence electrons. The Hall–Kier alpha value is -3.68. The van der Waals surface area contributed by atoms with Gasteiger partial charge in [0, 0.05) is 12.0 Å². The summed E-state index contributed by atoms with van der Waals surface area (Å²) >= 11 is 0. The number of benzene rings is 3. The topological polar surface area (TPSA) is 96.3 Å². The van der Waals surface area contributed by atoms with Crippen LogP contribution in [-0.4, -0.2) is 59.4 Å².